The summed E-state index contributed by atoms with van der Waals surface area (Å²) in [6.07, 6.45) is 12.8. The number of allylic oxidation sites excluding steroid dienone is 5. The second kappa shape index (κ2) is 6.07. The van der Waals surface area contributed by atoms with Crippen molar-refractivity contribution in [1.29, 1.82) is 0 Å². The first-order valence-corrected chi connectivity index (χ1v) is 9.37. The lowest BCUT2D eigenvalue weighted by Gasteiger charge is -2.35. The molecule has 0 saturated carbocycles. The molecule has 0 bridgehead atoms. The van der Waals surface area contributed by atoms with Crippen LogP contribution in [0.2, 0.25) is 0 Å². The molecule has 3 unspecified atom stereocenters. The Morgan fingerprint density at radius 3 is 2.56 bits per heavy atom. The average molecular weight is 325 g/mol. The molecule has 0 radical (unpaired) electrons. The van der Waals surface area contributed by atoms with Crippen molar-refractivity contribution in [2.75, 3.05) is 5.32 Å². The van der Waals surface area contributed by atoms with Crippen LogP contribution in [0.5, 0.6) is 0 Å². The Balaban J connectivity index is 1.60. The number of rotatable bonds is 2. The summed E-state index contributed by atoms with van der Waals surface area (Å²) in [7, 11) is 0. The van der Waals surface area contributed by atoms with Crippen LogP contribution in [0, 0.1) is 0 Å². The first-order valence-electron chi connectivity index (χ1n) is 9.37. The van der Waals surface area contributed by atoms with E-state index in [2.05, 4.69) is 84.2 Å². The van der Waals surface area contributed by atoms with Gasteiger partial charge in [0.1, 0.15) is 0 Å². The van der Waals surface area contributed by atoms with Gasteiger partial charge in [-0.15, -0.1) is 0 Å². The van der Waals surface area contributed by atoms with Crippen LogP contribution in [0.1, 0.15) is 42.2 Å². The molecular formula is C24H23N. The minimum Gasteiger partial charge on any atom is -0.378 e. The molecule has 3 atom stereocenters. The second-order valence-corrected chi connectivity index (χ2v) is 7.36. The first kappa shape index (κ1) is 14.8. The third-order valence-corrected chi connectivity index (χ3v) is 5.94. The molecule has 0 aromatic heterocycles. The predicted octanol–water partition coefficient (Wildman–Crippen LogP) is 5.95. The van der Waals surface area contributed by atoms with E-state index in [1.807, 2.05) is 0 Å². The van der Waals surface area contributed by atoms with Crippen LogP contribution in [-0.2, 0) is 0 Å². The van der Waals surface area contributed by atoms with Crippen LogP contribution in [0.15, 0.2) is 90.0 Å². The lowest BCUT2D eigenvalue weighted by molar-refractivity contribution is 0.501. The minimum atomic E-state index is 0.401. The van der Waals surface area contributed by atoms with Gasteiger partial charge in [0.15, 0.2) is 0 Å². The summed E-state index contributed by atoms with van der Waals surface area (Å²) in [4.78, 5) is 0. The zero-order chi connectivity index (χ0) is 16.6. The Morgan fingerprint density at radius 1 is 0.880 bits per heavy atom. The van der Waals surface area contributed by atoms with Gasteiger partial charge < -0.3 is 5.32 Å². The Kier molecular flexibility index (Phi) is 3.59. The molecule has 124 valence electrons. The van der Waals surface area contributed by atoms with Crippen LogP contribution >= 0.6 is 0 Å². The minimum absolute atomic E-state index is 0.401. The fourth-order valence-electron chi connectivity index (χ4n) is 4.78. The zero-order valence-electron chi connectivity index (χ0n) is 14.4. The van der Waals surface area contributed by atoms with Gasteiger partial charge in [0.2, 0.25) is 0 Å². The molecule has 0 fully saturated rings. The van der Waals surface area contributed by atoms with Crippen molar-refractivity contribution in [3.05, 3.63) is 101 Å². The fourth-order valence-corrected chi connectivity index (χ4v) is 4.78. The summed E-state index contributed by atoms with van der Waals surface area (Å²) in [5.41, 5.74) is 7.33. The molecule has 1 heterocycles. The number of benzene rings is 2. The van der Waals surface area contributed by atoms with Crippen molar-refractivity contribution in [2.24, 2.45) is 0 Å². The van der Waals surface area contributed by atoms with Crippen molar-refractivity contribution in [1.82, 2.24) is 0 Å². The number of hydrogen-bond donors (Lipinski definition) is 1. The highest BCUT2D eigenvalue weighted by Crippen LogP contribution is 2.51. The topological polar surface area (TPSA) is 12.0 Å². The van der Waals surface area contributed by atoms with E-state index in [0.29, 0.717) is 17.9 Å². The standard InChI is InChI=1S/C24H23N/c1-3-9-17(10-4-1)19-15-21(18-11-5-2-6-12-18)24-20-13-7-8-14-22(20)25-23(24)16-19/h1-3,5-9,11-14,16,21,23-25H,4,10,15H2. The van der Waals surface area contributed by atoms with E-state index in [1.165, 1.54) is 35.2 Å². The van der Waals surface area contributed by atoms with E-state index >= 15 is 0 Å². The van der Waals surface area contributed by atoms with Crippen molar-refractivity contribution < 1.29 is 0 Å². The normalized spacial score (nSPS) is 27.0. The Bertz CT molecular complexity index is 872. The van der Waals surface area contributed by atoms with Crippen LogP contribution in [0.25, 0.3) is 0 Å². The lowest BCUT2D eigenvalue weighted by Crippen LogP contribution is -2.28. The summed E-state index contributed by atoms with van der Waals surface area (Å²) in [6.45, 7) is 0. The average Bonchev–Trinajstić information content (AvgIpc) is 3.07. The maximum absolute atomic E-state index is 3.78. The van der Waals surface area contributed by atoms with Crippen LogP contribution in [0.3, 0.4) is 0 Å². The number of para-hydroxylation sites is 1. The van der Waals surface area contributed by atoms with E-state index < -0.39 is 0 Å². The molecule has 1 aliphatic heterocycles. The Labute approximate surface area is 149 Å². The van der Waals surface area contributed by atoms with Crippen LogP contribution in [-0.4, -0.2) is 6.04 Å². The van der Waals surface area contributed by atoms with Crippen LogP contribution in [0.4, 0.5) is 5.69 Å². The fraction of sp³-hybridized carbons (Fsp3) is 0.250. The molecule has 3 aliphatic rings. The molecule has 1 N–H and O–H groups in total. The zero-order valence-corrected chi connectivity index (χ0v) is 14.4. The van der Waals surface area contributed by atoms with Crippen molar-refractivity contribution in [3.63, 3.8) is 0 Å². The van der Waals surface area contributed by atoms with E-state index in [9.17, 15) is 0 Å². The summed E-state index contributed by atoms with van der Waals surface area (Å²) in [5.74, 6) is 1.07. The van der Waals surface area contributed by atoms with Gasteiger partial charge in [0.05, 0.1) is 6.04 Å². The molecule has 2 aromatic rings. The maximum atomic E-state index is 3.78. The molecule has 2 aromatic carbocycles. The molecule has 5 rings (SSSR count). The van der Waals surface area contributed by atoms with Crippen molar-refractivity contribution in [3.8, 4) is 0 Å². The van der Waals surface area contributed by atoms with Gasteiger partial charge in [-0.1, -0.05) is 72.8 Å². The Hall–Kier alpha value is -2.54. The number of anilines is 1. The Morgan fingerprint density at radius 2 is 1.72 bits per heavy atom. The van der Waals surface area contributed by atoms with Gasteiger partial charge in [0, 0.05) is 11.6 Å². The molecular weight excluding hydrogens is 302 g/mol. The third-order valence-electron chi connectivity index (χ3n) is 5.94. The number of nitrogens with one attached hydrogen (secondary N) is 1. The first-order chi connectivity index (χ1) is 12.4. The maximum Gasteiger partial charge on any atom is 0.0525 e. The van der Waals surface area contributed by atoms with E-state index in [4.69, 9.17) is 0 Å². The van der Waals surface area contributed by atoms with E-state index in [1.54, 1.807) is 5.57 Å². The van der Waals surface area contributed by atoms with Gasteiger partial charge in [0.25, 0.3) is 0 Å². The van der Waals surface area contributed by atoms with Crippen molar-refractivity contribution >= 4 is 5.69 Å². The van der Waals surface area contributed by atoms with Gasteiger partial charge in [-0.05, 0) is 53.5 Å². The molecule has 2 aliphatic carbocycles. The molecule has 25 heavy (non-hydrogen) atoms. The van der Waals surface area contributed by atoms with Gasteiger partial charge in [-0.25, -0.2) is 0 Å². The third kappa shape index (κ3) is 2.55. The summed E-state index contributed by atoms with van der Waals surface area (Å²) in [5, 5.41) is 3.78. The number of hydrogen-bond acceptors (Lipinski definition) is 1. The van der Waals surface area contributed by atoms with Crippen LogP contribution < -0.4 is 5.32 Å². The van der Waals surface area contributed by atoms with E-state index in [0.717, 1.165) is 6.42 Å². The molecule has 0 spiro atoms. The molecule has 0 amide bonds. The highest BCUT2D eigenvalue weighted by Gasteiger charge is 2.40. The monoisotopic (exact) mass is 325 g/mol. The quantitative estimate of drug-likeness (QED) is 0.719. The highest BCUT2D eigenvalue weighted by atomic mass is 15.0. The summed E-state index contributed by atoms with van der Waals surface area (Å²) in [6, 6.07) is 20.3. The molecule has 1 heteroatoms. The van der Waals surface area contributed by atoms with Crippen molar-refractivity contribution in [2.45, 2.75) is 37.1 Å². The largest absolute Gasteiger partial charge is 0.378 e. The summed E-state index contributed by atoms with van der Waals surface area (Å²) >= 11 is 0. The SMILES string of the molecule is C1=CCCC(C2=CC3Nc4ccccc4C3C(c3ccccc3)C2)=C1. The van der Waals surface area contributed by atoms with Gasteiger partial charge >= 0.3 is 0 Å². The highest BCUT2D eigenvalue weighted by molar-refractivity contribution is 5.63. The smallest absolute Gasteiger partial charge is 0.0525 e. The predicted molar refractivity (Wildman–Crippen MR) is 105 cm³/mol. The lowest BCUT2D eigenvalue weighted by atomic mass is 9.70. The summed E-state index contributed by atoms with van der Waals surface area (Å²) < 4.78 is 0. The van der Waals surface area contributed by atoms with E-state index in [-0.39, 0.29) is 0 Å². The van der Waals surface area contributed by atoms with Gasteiger partial charge in [-0.3, -0.25) is 0 Å². The molecule has 1 nitrogen and oxygen atoms in total. The molecule has 0 saturated heterocycles. The number of fused-ring (bicyclic) bond motifs is 3. The van der Waals surface area contributed by atoms with Gasteiger partial charge in [-0.2, -0.15) is 0 Å². The second-order valence-electron chi connectivity index (χ2n) is 7.36.